The Morgan fingerprint density at radius 1 is 1.35 bits per heavy atom. The molecule has 0 saturated carbocycles. The van der Waals surface area contributed by atoms with Gasteiger partial charge in [-0.15, -0.1) is 11.3 Å². The van der Waals surface area contributed by atoms with Crippen LogP contribution in [0.3, 0.4) is 0 Å². The number of likely N-dealkylation sites (N-methyl/N-ethyl adjacent to an activating group) is 1. The maximum absolute atomic E-state index is 11.8. The van der Waals surface area contributed by atoms with E-state index in [0.717, 1.165) is 4.88 Å². The van der Waals surface area contributed by atoms with E-state index in [-0.39, 0.29) is 0 Å². The van der Waals surface area contributed by atoms with Crippen molar-refractivity contribution in [1.29, 1.82) is 0 Å². The van der Waals surface area contributed by atoms with E-state index < -0.39 is 11.8 Å². The van der Waals surface area contributed by atoms with E-state index in [4.69, 9.17) is 5.73 Å². The summed E-state index contributed by atoms with van der Waals surface area (Å²) in [4.78, 5) is 31.4. The molecule has 92 valence electrons. The monoisotopic (exact) mass is 254 g/mol. The van der Waals surface area contributed by atoms with Crippen LogP contribution in [-0.2, 0) is 16.1 Å². The third-order valence-electron chi connectivity index (χ3n) is 2.70. The summed E-state index contributed by atoms with van der Waals surface area (Å²) in [5, 5.41) is 0.478. The Balaban J connectivity index is 2.04. The molecule has 1 aromatic rings. The van der Waals surface area contributed by atoms with Crippen molar-refractivity contribution in [3.63, 3.8) is 0 Å². The van der Waals surface area contributed by atoms with E-state index in [0.29, 0.717) is 31.3 Å². The lowest BCUT2D eigenvalue weighted by Gasteiger charge is -2.32. The number of nitrogens with two attached hydrogens (primary N) is 1. The summed E-state index contributed by atoms with van der Waals surface area (Å²) < 4.78 is 0. The molecule has 1 aliphatic rings. The van der Waals surface area contributed by atoms with E-state index in [2.05, 4.69) is 4.98 Å². The predicted molar refractivity (Wildman–Crippen MR) is 64.2 cm³/mol. The highest BCUT2D eigenvalue weighted by Gasteiger charge is 2.31. The molecular formula is C10H14N4O2S. The molecule has 1 fully saturated rings. The number of rotatable bonds is 3. The molecule has 2 N–H and O–H groups in total. The fourth-order valence-corrected chi connectivity index (χ4v) is 2.45. The molecule has 0 aromatic carbocycles. The second-order valence-electron chi connectivity index (χ2n) is 3.78. The zero-order chi connectivity index (χ0) is 12.4. The Bertz CT molecular complexity index is 445. The van der Waals surface area contributed by atoms with Gasteiger partial charge in [-0.25, -0.2) is 4.98 Å². The first-order valence-corrected chi connectivity index (χ1v) is 6.21. The van der Waals surface area contributed by atoms with Gasteiger partial charge >= 0.3 is 11.8 Å². The highest BCUT2D eigenvalue weighted by molar-refractivity contribution is 7.15. The number of hydrogen-bond donors (Lipinski definition) is 1. The highest BCUT2D eigenvalue weighted by atomic mass is 32.1. The molecule has 2 rings (SSSR count). The molecule has 0 bridgehead atoms. The van der Waals surface area contributed by atoms with Crippen molar-refractivity contribution in [2.75, 3.05) is 25.4 Å². The van der Waals surface area contributed by atoms with E-state index in [1.807, 2.05) is 6.92 Å². The summed E-state index contributed by atoms with van der Waals surface area (Å²) in [5.74, 6) is -0.860. The smallest absolute Gasteiger partial charge is 0.312 e. The van der Waals surface area contributed by atoms with E-state index in [1.54, 1.807) is 16.0 Å². The second-order valence-corrected chi connectivity index (χ2v) is 4.92. The first-order chi connectivity index (χ1) is 8.11. The Labute approximate surface area is 103 Å². The third kappa shape index (κ3) is 2.38. The van der Waals surface area contributed by atoms with Crippen LogP contribution in [0.15, 0.2) is 6.20 Å². The summed E-state index contributed by atoms with van der Waals surface area (Å²) in [7, 11) is 0. The number of amides is 2. The second kappa shape index (κ2) is 4.70. The summed E-state index contributed by atoms with van der Waals surface area (Å²) in [6, 6.07) is 0. The van der Waals surface area contributed by atoms with Gasteiger partial charge < -0.3 is 15.5 Å². The summed E-state index contributed by atoms with van der Waals surface area (Å²) >= 11 is 1.34. The Morgan fingerprint density at radius 3 is 2.59 bits per heavy atom. The van der Waals surface area contributed by atoms with Crippen molar-refractivity contribution in [1.82, 2.24) is 14.8 Å². The fourth-order valence-electron chi connectivity index (χ4n) is 1.75. The topological polar surface area (TPSA) is 79.5 Å². The number of carbonyl (C=O) groups is 2. The van der Waals surface area contributed by atoms with Crippen molar-refractivity contribution < 1.29 is 9.59 Å². The lowest BCUT2D eigenvalue weighted by atomic mass is 10.3. The Morgan fingerprint density at radius 2 is 2.00 bits per heavy atom. The number of thiazole rings is 1. The number of anilines is 1. The van der Waals surface area contributed by atoms with Gasteiger partial charge in [0.1, 0.15) is 0 Å². The van der Waals surface area contributed by atoms with Crippen LogP contribution in [0.5, 0.6) is 0 Å². The van der Waals surface area contributed by atoms with Crippen molar-refractivity contribution >= 4 is 28.3 Å². The van der Waals surface area contributed by atoms with Gasteiger partial charge in [-0.2, -0.15) is 0 Å². The molecule has 0 spiro atoms. The van der Waals surface area contributed by atoms with Gasteiger partial charge in [0.2, 0.25) is 0 Å². The standard InChI is InChI=1S/C10H14N4O2S/c1-2-13-3-4-14(9(16)8(13)15)6-7-5-12-10(11)17-7/h5H,2-4,6H2,1H3,(H2,11,12). The van der Waals surface area contributed by atoms with Gasteiger partial charge in [-0.05, 0) is 6.92 Å². The van der Waals surface area contributed by atoms with Crippen LogP contribution in [0.25, 0.3) is 0 Å². The van der Waals surface area contributed by atoms with Gasteiger partial charge in [0.05, 0.1) is 6.54 Å². The quantitative estimate of drug-likeness (QED) is 0.765. The van der Waals surface area contributed by atoms with Crippen LogP contribution in [0.1, 0.15) is 11.8 Å². The van der Waals surface area contributed by atoms with E-state index in [9.17, 15) is 9.59 Å². The zero-order valence-corrected chi connectivity index (χ0v) is 10.4. The molecule has 1 aliphatic heterocycles. The van der Waals surface area contributed by atoms with Gasteiger partial charge in [-0.1, -0.05) is 0 Å². The van der Waals surface area contributed by atoms with Gasteiger partial charge in [0.15, 0.2) is 5.13 Å². The van der Waals surface area contributed by atoms with Crippen LogP contribution in [-0.4, -0.2) is 46.2 Å². The van der Waals surface area contributed by atoms with Crippen LogP contribution in [0.2, 0.25) is 0 Å². The molecule has 0 atom stereocenters. The molecule has 2 amide bonds. The normalized spacial score (nSPS) is 16.8. The maximum Gasteiger partial charge on any atom is 0.312 e. The first kappa shape index (κ1) is 11.8. The SMILES string of the molecule is CCN1CCN(Cc2cnc(N)s2)C(=O)C1=O. The van der Waals surface area contributed by atoms with Gasteiger partial charge in [-0.3, -0.25) is 9.59 Å². The number of nitrogens with zero attached hydrogens (tertiary/aromatic N) is 3. The minimum absolute atomic E-state index is 0.414. The van der Waals surface area contributed by atoms with Crippen molar-refractivity contribution in [2.24, 2.45) is 0 Å². The van der Waals surface area contributed by atoms with Crippen LogP contribution in [0.4, 0.5) is 5.13 Å². The number of piperazine rings is 1. The predicted octanol–water partition coefficient (Wildman–Crippen LogP) is -0.0840. The van der Waals surface area contributed by atoms with Gasteiger partial charge in [0, 0.05) is 30.7 Å². The molecular weight excluding hydrogens is 240 g/mol. The molecule has 0 radical (unpaired) electrons. The number of nitrogen functional groups attached to an aromatic ring is 1. The summed E-state index contributed by atoms with van der Waals surface area (Å²) in [6.07, 6.45) is 1.64. The Kier molecular flexibility index (Phi) is 3.28. The molecule has 2 heterocycles. The van der Waals surface area contributed by atoms with Crippen LogP contribution in [0, 0.1) is 0 Å². The van der Waals surface area contributed by atoms with E-state index >= 15 is 0 Å². The number of hydrogen-bond acceptors (Lipinski definition) is 5. The van der Waals surface area contributed by atoms with Crippen molar-refractivity contribution in [3.8, 4) is 0 Å². The minimum Gasteiger partial charge on any atom is -0.375 e. The molecule has 0 unspecified atom stereocenters. The molecule has 0 aliphatic carbocycles. The lowest BCUT2D eigenvalue weighted by Crippen LogP contribution is -2.53. The third-order valence-corrected chi connectivity index (χ3v) is 3.51. The molecule has 6 nitrogen and oxygen atoms in total. The fraction of sp³-hybridized carbons (Fsp3) is 0.500. The van der Waals surface area contributed by atoms with Crippen LogP contribution < -0.4 is 5.73 Å². The largest absolute Gasteiger partial charge is 0.375 e. The van der Waals surface area contributed by atoms with Gasteiger partial charge in [0.25, 0.3) is 0 Å². The summed E-state index contributed by atoms with van der Waals surface area (Å²) in [5.41, 5.74) is 5.52. The average Bonchev–Trinajstić information content (AvgIpc) is 2.71. The molecule has 1 saturated heterocycles. The molecule has 7 heteroatoms. The van der Waals surface area contributed by atoms with Crippen LogP contribution >= 0.6 is 11.3 Å². The highest BCUT2D eigenvalue weighted by Crippen LogP contribution is 2.18. The lowest BCUT2D eigenvalue weighted by molar-refractivity contribution is -0.156. The maximum atomic E-state index is 11.8. The number of carbonyl (C=O) groups excluding carboxylic acids is 2. The Hall–Kier alpha value is -1.63. The van der Waals surface area contributed by atoms with E-state index in [1.165, 1.54) is 11.3 Å². The van der Waals surface area contributed by atoms with Crippen molar-refractivity contribution in [2.45, 2.75) is 13.5 Å². The summed E-state index contributed by atoms with van der Waals surface area (Å²) in [6.45, 7) is 4.01. The zero-order valence-electron chi connectivity index (χ0n) is 9.55. The number of aromatic nitrogens is 1. The minimum atomic E-state index is -0.440. The molecule has 1 aromatic heterocycles. The van der Waals surface area contributed by atoms with Crippen molar-refractivity contribution in [3.05, 3.63) is 11.1 Å². The molecule has 17 heavy (non-hydrogen) atoms. The first-order valence-electron chi connectivity index (χ1n) is 5.40. The average molecular weight is 254 g/mol.